The van der Waals surface area contributed by atoms with Crippen molar-refractivity contribution in [3.05, 3.63) is 23.8 Å². The molecule has 0 fully saturated rings. The molecule has 1 aliphatic heterocycles. The molecular weight excluding hydrogens is 325 g/mol. The van der Waals surface area contributed by atoms with Gasteiger partial charge in [-0.25, -0.2) is 0 Å². The van der Waals surface area contributed by atoms with E-state index in [2.05, 4.69) is 5.32 Å². The molecule has 5 nitrogen and oxygen atoms in total. The van der Waals surface area contributed by atoms with Crippen LogP contribution in [-0.2, 0) is 15.8 Å². The molecule has 132 valence electrons. The molecular formula is C16H19F3N2O3. The van der Waals surface area contributed by atoms with Crippen LogP contribution in [0.2, 0.25) is 0 Å². The van der Waals surface area contributed by atoms with Crippen LogP contribution < -0.4 is 15.0 Å². The molecule has 0 radical (unpaired) electrons. The molecule has 0 spiro atoms. The minimum atomic E-state index is -4.52. The van der Waals surface area contributed by atoms with Crippen molar-refractivity contribution in [2.75, 3.05) is 18.1 Å². The molecule has 2 rings (SSSR count). The van der Waals surface area contributed by atoms with E-state index < -0.39 is 23.7 Å². The van der Waals surface area contributed by atoms with Crippen LogP contribution in [0.5, 0.6) is 5.75 Å². The third-order valence-corrected chi connectivity index (χ3v) is 3.71. The first kappa shape index (κ1) is 18.1. The monoisotopic (exact) mass is 344 g/mol. The van der Waals surface area contributed by atoms with Gasteiger partial charge in [0.2, 0.25) is 11.8 Å². The lowest BCUT2D eigenvalue weighted by molar-refractivity contribution is -0.137. The van der Waals surface area contributed by atoms with Crippen molar-refractivity contribution < 1.29 is 27.5 Å². The van der Waals surface area contributed by atoms with Crippen molar-refractivity contribution in [2.24, 2.45) is 5.92 Å². The van der Waals surface area contributed by atoms with Crippen LogP contribution >= 0.6 is 0 Å². The number of amides is 2. The Morgan fingerprint density at radius 3 is 2.50 bits per heavy atom. The van der Waals surface area contributed by atoms with Crippen molar-refractivity contribution >= 4 is 17.5 Å². The number of carbonyl (C=O) groups excluding carboxylic acids is 2. The van der Waals surface area contributed by atoms with Gasteiger partial charge in [0.1, 0.15) is 18.4 Å². The highest BCUT2D eigenvalue weighted by atomic mass is 19.4. The number of nitrogens with zero attached hydrogens (tertiary/aromatic N) is 1. The normalized spacial score (nSPS) is 15.5. The molecule has 1 N–H and O–H groups in total. The summed E-state index contributed by atoms with van der Waals surface area (Å²) in [7, 11) is 0. The fourth-order valence-electron chi connectivity index (χ4n) is 2.52. The van der Waals surface area contributed by atoms with E-state index in [-0.39, 0.29) is 36.4 Å². The zero-order valence-corrected chi connectivity index (χ0v) is 13.6. The van der Waals surface area contributed by atoms with Gasteiger partial charge in [0.15, 0.2) is 0 Å². The summed E-state index contributed by atoms with van der Waals surface area (Å²) in [4.78, 5) is 25.3. The summed E-state index contributed by atoms with van der Waals surface area (Å²) in [5.41, 5.74) is -0.790. The fraction of sp³-hybridized carbons (Fsp3) is 0.500. The quantitative estimate of drug-likeness (QED) is 0.917. The van der Waals surface area contributed by atoms with Crippen LogP contribution in [0.3, 0.4) is 0 Å². The summed E-state index contributed by atoms with van der Waals surface area (Å²) in [5, 5.41) is 2.56. The molecule has 2 amide bonds. The number of ether oxygens (including phenoxy) is 1. The van der Waals surface area contributed by atoms with Gasteiger partial charge >= 0.3 is 6.18 Å². The van der Waals surface area contributed by atoms with E-state index in [4.69, 9.17) is 4.74 Å². The molecule has 1 atom stereocenters. The summed E-state index contributed by atoms with van der Waals surface area (Å²) >= 11 is 0. The van der Waals surface area contributed by atoms with Crippen LogP contribution in [0.15, 0.2) is 18.2 Å². The first-order chi connectivity index (χ1) is 11.1. The second-order valence-electron chi connectivity index (χ2n) is 5.94. The summed E-state index contributed by atoms with van der Waals surface area (Å²) in [6, 6.07) is 2.21. The van der Waals surface area contributed by atoms with Crippen LogP contribution in [0, 0.1) is 5.92 Å². The molecule has 0 saturated heterocycles. The van der Waals surface area contributed by atoms with E-state index in [1.807, 2.05) is 0 Å². The first-order valence-electron chi connectivity index (χ1n) is 7.53. The summed E-state index contributed by atoms with van der Waals surface area (Å²) in [6.07, 6.45) is -4.52. The number of nitrogens with one attached hydrogen (secondary N) is 1. The van der Waals surface area contributed by atoms with Gasteiger partial charge in [0, 0.05) is 6.92 Å². The van der Waals surface area contributed by atoms with Crippen LogP contribution in [-0.4, -0.2) is 31.0 Å². The van der Waals surface area contributed by atoms with Crippen molar-refractivity contribution in [2.45, 2.75) is 33.0 Å². The van der Waals surface area contributed by atoms with Crippen molar-refractivity contribution in [1.82, 2.24) is 5.32 Å². The Balaban J connectivity index is 2.39. The Kier molecular flexibility index (Phi) is 5.05. The molecule has 0 unspecified atom stereocenters. The van der Waals surface area contributed by atoms with Crippen molar-refractivity contribution in [3.8, 4) is 5.75 Å². The molecule has 0 bridgehead atoms. The highest BCUT2D eigenvalue weighted by molar-refractivity contribution is 6.00. The molecule has 1 heterocycles. The number of alkyl halides is 3. The number of halogens is 3. The fourth-order valence-corrected chi connectivity index (χ4v) is 2.52. The average molecular weight is 344 g/mol. The Bertz CT molecular complexity index is 644. The predicted octanol–water partition coefficient (Wildman–Crippen LogP) is 2.59. The van der Waals surface area contributed by atoms with E-state index in [0.29, 0.717) is 0 Å². The zero-order valence-electron chi connectivity index (χ0n) is 13.6. The third kappa shape index (κ3) is 3.80. The van der Waals surface area contributed by atoms with Gasteiger partial charge in [-0.1, -0.05) is 13.8 Å². The molecule has 0 aliphatic carbocycles. The largest absolute Gasteiger partial charge is 0.490 e. The number of fused-ring (bicyclic) bond motifs is 1. The van der Waals surface area contributed by atoms with Crippen LogP contribution in [0.1, 0.15) is 26.3 Å². The molecule has 0 saturated carbocycles. The molecule has 1 aromatic rings. The van der Waals surface area contributed by atoms with Gasteiger partial charge in [-0.15, -0.1) is 0 Å². The number of anilines is 1. The van der Waals surface area contributed by atoms with Gasteiger partial charge in [-0.3, -0.25) is 9.59 Å². The summed E-state index contributed by atoms with van der Waals surface area (Å²) in [5.74, 6) is -0.824. The Labute approximate surface area is 137 Å². The maximum absolute atomic E-state index is 12.9. The van der Waals surface area contributed by atoms with E-state index in [0.717, 1.165) is 12.1 Å². The molecule has 0 aromatic heterocycles. The van der Waals surface area contributed by atoms with Crippen LogP contribution in [0.4, 0.5) is 18.9 Å². The van der Waals surface area contributed by atoms with Gasteiger partial charge in [0.05, 0.1) is 17.8 Å². The Morgan fingerprint density at radius 2 is 1.96 bits per heavy atom. The summed E-state index contributed by atoms with van der Waals surface area (Å²) in [6.45, 7) is 5.10. The maximum atomic E-state index is 12.9. The summed E-state index contributed by atoms with van der Waals surface area (Å²) < 4.78 is 44.2. The smallest absolute Gasteiger partial charge is 0.416 e. The van der Waals surface area contributed by atoms with Crippen LogP contribution in [0.25, 0.3) is 0 Å². The maximum Gasteiger partial charge on any atom is 0.416 e. The lowest BCUT2D eigenvalue weighted by Gasteiger charge is -2.34. The van der Waals surface area contributed by atoms with E-state index in [9.17, 15) is 22.8 Å². The zero-order chi connectivity index (χ0) is 18.1. The lowest BCUT2D eigenvalue weighted by atomic mass is 10.0. The molecule has 8 heteroatoms. The highest BCUT2D eigenvalue weighted by Gasteiger charge is 2.36. The minimum absolute atomic E-state index is 0.0667. The average Bonchev–Trinajstić information content (AvgIpc) is 2.49. The standard InChI is InChI=1S/C16H19F3N2O3/c1-9(2)14(20-10(3)22)15(23)21-6-7-24-13-5-4-11(8-12(13)21)16(17,18)19/h4-5,8-9,14H,6-7H2,1-3H3,(H,20,22)/t14-/m1/s1. The second-order valence-corrected chi connectivity index (χ2v) is 5.94. The van der Waals surface area contributed by atoms with E-state index >= 15 is 0 Å². The number of carbonyl (C=O) groups is 2. The van der Waals surface area contributed by atoms with Crippen molar-refractivity contribution in [1.29, 1.82) is 0 Å². The first-order valence-corrected chi connectivity index (χ1v) is 7.53. The Morgan fingerprint density at radius 1 is 1.29 bits per heavy atom. The third-order valence-electron chi connectivity index (χ3n) is 3.71. The van der Waals surface area contributed by atoms with Crippen molar-refractivity contribution in [3.63, 3.8) is 0 Å². The van der Waals surface area contributed by atoms with E-state index in [1.54, 1.807) is 13.8 Å². The van der Waals surface area contributed by atoms with Gasteiger partial charge in [-0.2, -0.15) is 13.2 Å². The second kappa shape index (κ2) is 6.70. The Hall–Kier alpha value is -2.25. The lowest BCUT2D eigenvalue weighted by Crippen LogP contribution is -2.52. The molecule has 24 heavy (non-hydrogen) atoms. The number of hydrogen-bond acceptors (Lipinski definition) is 3. The SMILES string of the molecule is CC(=O)N[C@@H](C(=O)N1CCOc2ccc(C(F)(F)F)cc21)C(C)C. The molecule has 1 aromatic carbocycles. The highest BCUT2D eigenvalue weighted by Crippen LogP contribution is 2.38. The van der Waals surface area contributed by atoms with E-state index in [1.165, 1.54) is 17.9 Å². The predicted molar refractivity (Wildman–Crippen MR) is 81.7 cm³/mol. The van der Waals surface area contributed by atoms with Gasteiger partial charge in [-0.05, 0) is 24.1 Å². The number of benzene rings is 1. The number of rotatable bonds is 3. The van der Waals surface area contributed by atoms with Gasteiger partial charge < -0.3 is 15.0 Å². The molecule has 1 aliphatic rings. The number of hydrogen-bond donors (Lipinski definition) is 1. The topological polar surface area (TPSA) is 58.6 Å². The minimum Gasteiger partial charge on any atom is -0.490 e. The van der Waals surface area contributed by atoms with Gasteiger partial charge in [0.25, 0.3) is 0 Å².